The summed E-state index contributed by atoms with van der Waals surface area (Å²) >= 11 is 0. The third kappa shape index (κ3) is 3.19. The van der Waals surface area contributed by atoms with Gasteiger partial charge in [-0.2, -0.15) is 0 Å². The summed E-state index contributed by atoms with van der Waals surface area (Å²) in [5, 5.41) is 10.1. The smallest absolute Gasteiger partial charge is 0.319 e. The second-order valence-corrected chi connectivity index (χ2v) is 5.35. The number of amides is 3. The number of para-hydroxylation sites is 1. The maximum Gasteiger partial charge on any atom is 0.319 e. The molecule has 0 radical (unpaired) electrons. The molecule has 0 fully saturated rings. The number of aryl methyl sites for hydroxylation is 1. The molecule has 4 N–H and O–H groups in total. The molecule has 0 atom stereocenters. The first-order chi connectivity index (χ1) is 11.5. The lowest BCUT2D eigenvalue weighted by molar-refractivity contribution is 0.100. The summed E-state index contributed by atoms with van der Waals surface area (Å²) in [6.07, 6.45) is 0. The highest BCUT2D eigenvalue weighted by molar-refractivity contribution is 6.02. The fourth-order valence-electron chi connectivity index (χ4n) is 2.37. The van der Waals surface area contributed by atoms with Crippen molar-refractivity contribution in [3.63, 3.8) is 0 Å². The molecule has 0 unspecified atom stereocenters. The molecule has 7 nitrogen and oxygen atoms in total. The van der Waals surface area contributed by atoms with Crippen LogP contribution in [0, 0.1) is 6.92 Å². The fourth-order valence-corrected chi connectivity index (χ4v) is 2.37. The molecule has 2 aromatic carbocycles. The third-order valence-electron chi connectivity index (χ3n) is 3.56. The Morgan fingerprint density at radius 1 is 1.21 bits per heavy atom. The van der Waals surface area contributed by atoms with Crippen molar-refractivity contribution in [1.29, 1.82) is 0 Å². The van der Waals surface area contributed by atoms with Crippen molar-refractivity contribution in [3.8, 4) is 0 Å². The van der Waals surface area contributed by atoms with E-state index >= 15 is 0 Å². The molecule has 0 aliphatic carbocycles. The van der Waals surface area contributed by atoms with E-state index in [0.717, 1.165) is 10.9 Å². The van der Waals surface area contributed by atoms with Crippen LogP contribution < -0.4 is 16.4 Å². The van der Waals surface area contributed by atoms with Gasteiger partial charge in [0.1, 0.15) is 5.69 Å². The van der Waals surface area contributed by atoms with Crippen LogP contribution in [0.25, 0.3) is 11.0 Å². The first kappa shape index (κ1) is 15.5. The number of primary amides is 1. The quantitative estimate of drug-likeness (QED) is 0.685. The molecule has 1 aromatic heterocycles. The molecule has 7 heteroatoms. The molecule has 0 bridgehead atoms. The highest BCUT2D eigenvalue weighted by Crippen LogP contribution is 2.20. The van der Waals surface area contributed by atoms with E-state index in [-0.39, 0.29) is 12.1 Å². The molecule has 24 heavy (non-hydrogen) atoms. The lowest BCUT2D eigenvalue weighted by Gasteiger charge is -2.09. The Kier molecular flexibility index (Phi) is 4.15. The van der Waals surface area contributed by atoms with Gasteiger partial charge in [0.25, 0.3) is 5.91 Å². The Morgan fingerprint density at radius 2 is 2.00 bits per heavy atom. The molecular formula is C17H16N4O3. The van der Waals surface area contributed by atoms with E-state index in [0.29, 0.717) is 17.0 Å². The van der Waals surface area contributed by atoms with Crippen LogP contribution in [0.3, 0.4) is 0 Å². The predicted octanol–water partition coefficient (Wildman–Crippen LogP) is 2.56. The van der Waals surface area contributed by atoms with E-state index in [1.165, 1.54) is 0 Å². The molecule has 0 saturated carbocycles. The van der Waals surface area contributed by atoms with Crippen LogP contribution in [0.4, 0.5) is 10.5 Å². The summed E-state index contributed by atoms with van der Waals surface area (Å²) in [4.78, 5) is 23.4. The number of hydrogen-bond donors (Lipinski definition) is 3. The van der Waals surface area contributed by atoms with Crippen LogP contribution in [-0.2, 0) is 6.54 Å². The molecule has 3 amide bonds. The average Bonchev–Trinajstić information content (AvgIpc) is 2.95. The number of carbonyl (C=O) groups is 2. The molecule has 1 heterocycles. The van der Waals surface area contributed by atoms with Gasteiger partial charge in [0.15, 0.2) is 5.58 Å². The van der Waals surface area contributed by atoms with Gasteiger partial charge in [0.05, 0.1) is 17.8 Å². The van der Waals surface area contributed by atoms with E-state index in [2.05, 4.69) is 15.8 Å². The topological polar surface area (TPSA) is 110 Å². The van der Waals surface area contributed by atoms with Crippen molar-refractivity contribution in [2.75, 3.05) is 5.32 Å². The van der Waals surface area contributed by atoms with Crippen molar-refractivity contribution in [3.05, 3.63) is 59.3 Å². The van der Waals surface area contributed by atoms with Crippen molar-refractivity contribution in [2.24, 2.45) is 5.73 Å². The van der Waals surface area contributed by atoms with E-state index in [4.69, 9.17) is 10.3 Å². The lowest BCUT2D eigenvalue weighted by atomic mass is 10.1. The SMILES string of the molecule is Cc1ccc2onc(CNC(=O)Nc3ccccc3C(N)=O)c2c1. The van der Waals surface area contributed by atoms with Gasteiger partial charge in [-0.25, -0.2) is 4.79 Å². The highest BCUT2D eigenvalue weighted by atomic mass is 16.5. The zero-order valence-corrected chi connectivity index (χ0v) is 13.0. The molecule has 0 saturated heterocycles. The molecular weight excluding hydrogens is 308 g/mol. The Hall–Kier alpha value is -3.35. The summed E-state index contributed by atoms with van der Waals surface area (Å²) in [6.45, 7) is 2.16. The summed E-state index contributed by atoms with van der Waals surface area (Å²) in [5.74, 6) is -0.608. The van der Waals surface area contributed by atoms with Gasteiger partial charge in [-0.15, -0.1) is 0 Å². The van der Waals surface area contributed by atoms with Gasteiger partial charge in [0.2, 0.25) is 0 Å². The Morgan fingerprint density at radius 3 is 2.79 bits per heavy atom. The predicted molar refractivity (Wildman–Crippen MR) is 89.6 cm³/mol. The standard InChI is InChI=1S/C17H16N4O3/c1-10-6-7-15-12(8-10)14(21-24-15)9-19-17(23)20-13-5-3-2-4-11(13)16(18)22/h2-8H,9H2,1H3,(H2,18,22)(H2,19,20,23). The summed E-state index contributed by atoms with van der Waals surface area (Å²) < 4.78 is 5.22. The number of nitrogens with zero attached hydrogens (tertiary/aromatic N) is 1. The number of carbonyl (C=O) groups excluding carboxylic acids is 2. The largest absolute Gasteiger partial charge is 0.366 e. The number of urea groups is 1. The number of nitrogens with one attached hydrogen (secondary N) is 2. The van der Waals surface area contributed by atoms with Crippen LogP contribution in [0.1, 0.15) is 21.6 Å². The third-order valence-corrected chi connectivity index (χ3v) is 3.56. The van der Waals surface area contributed by atoms with Crippen molar-refractivity contribution in [1.82, 2.24) is 10.5 Å². The minimum atomic E-state index is -0.608. The molecule has 3 aromatic rings. The number of anilines is 1. The molecule has 0 aliphatic heterocycles. The van der Waals surface area contributed by atoms with Gasteiger partial charge in [0, 0.05) is 5.39 Å². The Bertz CT molecular complexity index is 917. The van der Waals surface area contributed by atoms with Crippen LogP contribution in [0.5, 0.6) is 0 Å². The lowest BCUT2D eigenvalue weighted by Crippen LogP contribution is -2.29. The van der Waals surface area contributed by atoms with Crippen LogP contribution in [0.2, 0.25) is 0 Å². The molecule has 122 valence electrons. The number of fused-ring (bicyclic) bond motifs is 1. The van der Waals surface area contributed by atoms with Crippen LogP contribution in [0.15, 0.2) is 47.0 Å². The summed E-state index contributed by atoms with van der Waals surface area (Å²) in [5.41, 5.74) is 8.25. The maximum atomic E-state index is 12.1. The van der Waals surface area contributed by atoms with Gasteiger partial charge in [-0.3, -0.25) is 4.79 Å². The summed E-state index contributed by atoms with van der Waals surface area (Å²) in [6, 6.07) is 11.8. The first-order valence-electron chi connectivity index (χ1n) is 7.33. The first-order valence-corrected chi connectivity index (χ1v) is 7.33. The highest BCUT2D eigenvalue weighted by Gasteiger charge is 2.12. The summed E-state index contributed by atoms with van der Waals surface area (Å²) in [7, 11) is 0. The Balaban J connectivity index is 1.69. The zero-order valence-electron chi connectivity index (χ0n) is 13.0. The van der Waals surface area contributed by atoms with Crippen LogP contribution >= 0.6 is 0 Å². The van der Waals surface area contributed by atoms with Gasteiger partial charge in [-0.1, -0.05) is 28.9 Å². The number of benzene rings is 2. The fraction of sp³-hybridized carbons (Fsp3) is 0.118. The minimum Gasteiger partial charge on any atom is -0.366 e. The second-order valence-electron chi connectivity index (χ2n) is 5.35. The van der Waals surface area contributed by atoms with E-state index in [1.807, 2.05) is 25.1 Å². The Labute approximate surface area is 137 Å². The minimum absolute atomic E-state index is 0.195. The molecule has 0 aliphatic rings. The number of hydrogen-bond acceptors (Lipinski definition) is 4. The van der Waals surface area contributed by atoms with Gasteiger partial charge < -0.3 is 20.9 Å². The molecule has 0 spiro atoms. The molecule has 3 rings (SSSR count). The monoisotopic (exact) mass is 324 g/mol. The van der Waals surface area contributed by atoms with Crippen molar-refractivity contribution in [2.45, 2.75) is 13.5 Å². The van der Waals surface area contributed by atoms with Gasteiger partial charge in [-0.05, 0) is 31.2 Å². The normalized spacial score (nSPS) is 10.5. The number of rotatable bonds is 4. The van der Waals surface area contributed by atoms with Gasteiger partial charge >= 0.3 is 6.03 Å². The average molecular weight is 324 g/mol. The second kappa shape index (κ2) is 6.41. The zero-order chi connectivity index (χ0) is 17.1. The van der Waals surface area contributed by atoms with E-state index in [1.54, 1.807) is 24.3 Å². The number of aromatic nitrogens is 1. The van der Waals surface area contributed by atoms with Crippen molar-refractivity contribution >= 4 is 28.6 Å². The number of nitrogens with two attached hydrogens (primary N) is 1. The maximum absolute atomic E-state index is 12.1. The van der Waals surface area contributed by atoms with Crippen LogP contribution in [-0.4, -0.2) is 17.1 Å². The van der Waals surface area contributed by atoms with Crippen molar-refractivity contribution < 1.29 is 14.1 Å². The van der Waals surface area contributed by atoms with E-state index in [9.17, 15) is 9.59 Å². The van der Waals surface area contributed by atoms with E-state index < -0.39 is 11.9 Å².